The fraction of sp³-hybridized carbons (Fsp3) is 0.944. The average molecular weight is 380 g/mol. The maximum Gasteiger partial charge on any atom is 0.306 e. The van der Waals surface area contributed by atoms with Crippen molar-refractivity contribution >= 4 is 16.0 Å². The van der Waals surface area contributed by atoms with E-state index in [1.54, 1.807) is 6.92 Å². The van der Waals surface area contributed by atoms with Gasteiger partial charge in [0.1, 0.15) is 0 Å². The first-order valence-electron chi connectivity index (χ1n) is 9.66. The standard InChI is InChI=1S/C18H37NO5S/c1-3-4-6-12-17(20)13-8-10-15-25(23,24)19-14-9-5-7-11-16(2)18(21)22/h16-17,19-20H,3-15H2,1-2H3,(H,21,22). The van der Waals surface area contributed by atoms with Crippen molar-refractivity contribution in [2.24, 2.45) is 5.92 Å². The SMILES string of the molecule is CCCCCC(O)CCCCS(=O)(=O)NCCCCCC(C)C(=O)O. The van der Waals surface area contributed by atoms with Crippen LogP contribution < -0.4 is 4.72 Å². The Bertz CT molecular complexity index is 439. The molecule has 0 aromatic heterocycles. The lowest BCUT2D eigenvalue weighted by Gasteiger charge is -2.10. The number of carboxylic acids is 1. The molecule has 0 aliphatic heterocycles. The topological polar surface area (TPSA) is 104 Å². The van der Waals surface area contributed by atoms with E-state index in [9.17, 15) is 18.3 Å². The molecule has 0 radical (unpaired) electrons. The fourth-order valence-corrected chi connectivity index (χ4v) is 3.81. The van der Waals surface area contributed by atoms with Crippen molar-refractivity contribution in [2.75, 3.05) is 12.3 Å². The lowest BCUT2D eigenvalue weighted by atomic mass is 10.0. The quantitative estimate of drug-likeness (QED) is 0.336. The van der Waals surface area contributed by atoms with E-state index in [1.165, 1.54) is 0 Å². The molecule has 0 spiro atoms. The molecule has 6 nitrogen and oxygen atoms in total. The van der Waals surface area contributed by atoms with Crippen LogP contribution in [0.5, 0.6) is 0 Å². The van der Waals surface area contributed by atoms with Crippen LogP contribution in [0, 0.1) is 5.92 Å². The minimum absolute atomic E-state index is 0.102. The number of carbonyl (C=O) groups is 1. The third-order valence-electron chi connectivity index (χ3n) is 4.40. The highest BCUT2D eigenvalue weighted by Crippen LogP contribution is 2.11. The number of aliphatic carboxylic acids is 1. The molecular formula is C18H37NO5S. The van der Waals surface area contributed by atoms with E-state index in [-0.39, 0.29) is 17.8 Å². The maximum atomic E-state index is 11.9. The molecule has 0 amide bonds. The van der Waals surface area contributed by atoms with E-state index in [1.807, 2.05) is 0 Å². The molecule has 0 aromatic carbocycles. The number of unbranched alkanes of at least 4 members (excludes halogenated alkanes) is 5. The highest BCUT2D eigenvalue weighted by atomic mass is 32.2. The molecule has 3 N–H and O–H groups in total. The number of rotatable bonds is 17. The van der Waals surface area contributed by atoms with E-state index >= 15 is 0 Å². The predicted molar refractivity (Wildman–Crippen MR) is 101 cm³/mol. The summed E-state index contributed by atoms with van der Waals surface area (Å²) in [5.74, 6) is -1.02. The second kappa shape index (κ2) is 14.5. The number of carboxylic acid groups (broad SMARTS) is 1. The molecule has 0 saturated heterocycles. The average Bonchev–Trinajstić information content (AvgIpc) is 2.54. The van der Waals surface area contributed by atoms with Gasteiger partial charge in [0.05, 0.1) is 17.8 Å². The van der Waals surface area contributed by atoms with Gasteiger partial charge in [-0.15, -0.1) is 0 Å². The monoisotopic (exact) mass is 379 g/mol. The Morgan fingerprint density at radius 2 is 1.56 bits per heavy atom. The molecule has 0 rings (SSSR count). The van der Waals surface area contributed by atoms with E-state index in [0.29, 0.717) is 25.8 Å². The predicted octanol–water partition coefficient (Wildman–Crippen LogP) is 3.30. The molecule has 0 aliphatic carbocycles. The summed E-state index contributed by atoms with van der Waals surface area (Å²) in [7, 11) is -3.24. The van der Waals surface area contributed by atoms with E-state index in [2.05, 4.69) is 11.6 Å². The lowest BCUT2D eigenvalue weighted by Crippen LogP contribution is -2.27. The highest BCUT2D eigenvalue weighted by Gasteiger charge is 2.11. The number of nitrogens with one attached hydrogen (secondary N) is 1. The number of hydrogen-bond donors (Lipinski definition) is 3. The first-order valence-corrected chi connectivity index (χ1v) is 11.3. The van der Waals surface area contributed by atoms with Gasteiger partial charge in [0.25, 0.3) is 0 Å². The summed E-state index contributed by atoms with van der Waals surface area (Å²) in [5.41, 5.74) is 0. The molecule has 0 heterocycles. The van der Waals surface area contributed by atoms with E-state index in [4.69, 9.17) is 5.11 Å². The Kier molecular flexibility index (Phi) is 14.1. The van der Waals surface area contributed by atoms with Crippen molar-refractivity contribution in [3.63, 3.8) is 0 Å². The normalized spacial score (nSPS) is 14.4. The largest absolute Gasteiger partial charge is 0.481 e. The summed E-state index contributed by atoms with van der Waals surface area (Å²) in [5, 5.41) is 18.6. The Hall–Kier alpha value is -0.660. The van der Waals surface area contributed by atoms with Crippen LogP contribution in [0.3, 0.4) is 0 Å². The Labute approximate surface area is 153 Å². The van der Waals surface area contributed by atoms with Gasteiger partial charge in [0.2, 0.25) is 10.0 Å². The van der Waals surface area contributed by atoms with Gasteiger partial charge in [-0.05, 0) is 38.5 Å². The van der Waals surface area contributed by atoms with Crippen LogP contribution in [0.4, 0.5) is 0 Å². The molecule has 0 fully saturated rings. The van der Waals surface area contributed by atoms with Crippen LogP contribution in [0.25, 0.3) is 0 Å². The summed E-state index contributed by atoms with van der Waals surface area (Å²) in [6, 6.07) is 0. The smallest absolute Gasteiger partial charge is 0.306 e. The Balaban J connectivity index is 3.63. The van der Waals surface area contributed by atoms with Crippen molar-refractivity contribution in [1.82, 2.24) is 4.72 Å². The van der Waals surface area contributed by atoms with Crippen molar-refractivity contribution in [2.45, 2.75) is 90.6 Å². The number of aliphatic hydroxyl groups is 1. The zero-order valence-corrected chi connectivity index (χ0v) is 16.7. The van der Waals surface area contributed by atoms with Gasteiger partial charge in [0.15, 0.2) is 0 Å². The molecule has 2 unspecified atom stereocenters. The van der Waals surface area contributed by atoms with Gasteiger partial charge in [0, 0.05) is 6.54 Å². The van der Waals surface area contributed by atoms with Gasteiger partial charge < -0.3 is 10.2 Å². The maximum absolute atomic E-state index is 11.9. The number of hydrogen-bond acceptors (Lipinski definition) is 4. The highest BCUT2D eigenvalue weighted by molar-refractivity contribution is 7.89. The van der Waals surface area contributed by atoms with Crippen molar-refractivity contribution < 1.29 is 23.4 Å². The van der Waals surface area contributed by atoms with Crippen LogP contribution in [-0.4, -0.2) is 43.0 Å². The van der Waals surface area contributed by atoms with Crippen LogP contribution >= 0.6 is 0 Å². The molecule has 25 heavy (non-hydrogen) atoms. The van der Waals surface area contributed by atoms with Gasteiger partial charge in [-0.1, -0.05) is 46.0 Å². The third kappa shape index (κ3) is 15.3. The first-order chi connectivity index (χ1) is 11.8. The zero-order valence-electron chi connectivity index (χ0n) is 15.9. The van der Waals surface area contributed by atoms with E-state index < -0.39 is 16.0 Å². The van der Waals surface area contributed by atoms with Gasteiger partial charge in [-0.2, -0.15) is 0 Å². The Morgan fingerprint density at radius 1 is 0.960 bits per heavy atom. The molecule has 150 valence electrons. The zero-order chi connectivity index (χ0) is 19.1. The molecular weight excluding hydrogens is 342 g/mol. The summed E-state index contributed by atoms with van der Waals surface area (Å²) < 4.78 is 26.3. The van der Waals surface area contributed by atoms with Crippen LogP contribution in [-0.2, 0) is 14.8 Å². The van der Waals surface area contributed by atoms with Crippen molar-refractivity contribution in [3.05, 3.63) is 0 Å². The first kappa shape index (κ1) is 24.3. The molecule has 0 saturated carbocycles. The fourth-order valence-electron chi connectivity index (χ4n) is 2.62. The summed E-state index contributed by atoms with van der Waals surface area (Å²) in [6.07, 6.45) is 8.72. The van der Waals surface area contributed by atoms with E-state index in [0.717, 1.165) is 51.4 Å². The lowest BCUT2D eigenvalue weighted by molar-refractivity contribution is -0.141. The van der Waals surface area contributed by atoms with Crippen LogP contribution in [0.1, 0.15) is 84.5 Å². The summed E-state index contributed by atoms with van der Waals surface area (Å²) >= 11 is 0. The van der Waals surface area contributed by atoms with Crippen LogP contribution in [0.2, 0.25) is 0 Å². The summed E-state index contributed by atoms with van der Waals surface area (Å²) in [6.45, 7) is 4.22. The molecule has 2 atom stereocenters. The van der Waals surface area contributed by atoms with Gasteiger partial charge in [-0.3, -0.25) is 4.79 Å². The number of sulfonamides is 1. The number of aliphatic hydroxyl groups excluding tert-OH is 1. The molecule has 0 aliphatic rings. The van der Waals surface area contributed by atoms with Crippen molar-refractivity contribution in [3.8, 4) is 0 Å². The second-order valence-corrected chi connectivity index (χ2v) is 8.87. The minimum atomic E-state index is -3.24. The minimum Gasteiger partial charge on any atom is -0.481 e. The van der Waals surface area contributed by atoms with Crippen LogP contribution in [0.15, 0.2) is 0 Å². The van der Waals surface area contributed by atoms with Gasteiger partial charge in [-0.25, -0.2) is 13.1 Å². The Morgan fingerprint density at radius 3 is 2.16 bits per heavy atom. The second-order valence-electron chi connectivity index (χ2n) is 6.95. The molecule has 7 heteroatoms. The van der Waals surface area contributed by atoms with Crippen molar-refractivity contribution in [1.29, 1.82) is 0 Å². The summed E-state index contributed by atoms with van der Waals surface area (Å²) in [4.78, 5) is 10.7. The molecule has 0 aromatic rings. The third-order valence-corrected chi connectivity index (χ3v) is 5.87. The molecule has 0 bridgehead atoms. The van der Waals surface area contributed by atoms with Gasteiger partial charge >= 0.3 is 5.97 Å².